The van der Waals surface area contributed by atoms with E-state index in [0.717, 1.165) is 25.7 Å². The van der Waals surface area contributed by atoms with Gasteiger partial charge >= 0.3 is 0 Å². The summed E-state index contributed by atoms with van der Waals surface area (Å²) >= 11 is 0. The van der Waals surface area contributed by atoms with E-state index in [1.807, 2.05) is 13.8 Å². The summed E-state index contributed by atoms with van der Waals surface area (Å²) in [5, 5.41) is 6.31. The van der Waals surface area contributed by atoms with Gasteiger partial charge in [-0.25, -0.2) is 0 Å². The third-order valence-electron chi connectivity index (χ3n) is 2.40. The highest BCUT2D eigenvalue weighted by Gasteiger charge is 2.12. The molecule has 0 saturated heterocycles. The maximum Gasteiger partial charge on any atom is 0.223 e. The van der Waals surface area contributed by atoms with E-state index in [0.29, 0.717) is 13.1 Å². The normalized spacial score (nSPS) is 9.80. The van der Waals surface area contributed by atoms with Gasteiger partial charge < -0.3 is 5.32 Å². The molecule has 0 bridgehead atoms. The summed E-state index contributed by atoms with van der Waals surface area (Å²) in [6.45, 7) is 5.23. The minimum absolute atomic E-state index is 0.141. The van der Waals surface area contributed by atoms with Crippen LogP contribution in [0, 0.1) is 5.92 Å². The predicted molar refractivity (Wildman–Crippen MR) is 60.3 cm³/mol. The van der Waals surface area contributed by atoms with E-state index in [1.54, 1.807) is 0 Å². The number of carbonyl (C=O) groups is 1. The number of azide groups is 1. The molecular weight excluding hydrogens is 192 g/mol. The van der Waals surface area contributed by atoms with E-state index in [9.17, 15) is 4.79 Å². The van der Waals surface area contributed by atoms with Crippen molar-refractivity contribution in [3.63, 3.8) is 0 Å². The smallest absolute Gasteiger partial charge is 0.223 e. The van der Waals surface area contributed by atoms with Crippen LogP contribution in [0.1, 0.15) is 39.5 Å². The van der Waals surface area contributed by atoms with Crippen molar-refractivity contribution < 1.29 is 4.79 Å². The van der Waals surface area contributed by atoms with Crippen LogP contribution in [0.15, 0.2) is 5.11 Å². The van der Waals surface area contributed by atoms with Crippen LogP contribution >= 0.6 is 0 Å². The number of hydrogen-bond donors (Lipinski definition) is 1. The molecule has 5 nitrogen and oxygen atoms in total. The molecule has 5 heteroatoms. The van der Waals surface area contributed by atoms with Crippen LogP contribution in [0.4, 0.5) is 0 Å². The summed E-state index contributed by atoms with van der Waals surface area (Å²) in [6, 6.07) is 0. The lowest BCUT2D eigenvalue weighted by atomic mass is 10.0. The summed E-state index contributed by atoms with van der Waals surface area (Å²) in [5.74, 6) is 0.283. The molecule has 0 spiro atoms. The van der Waals surface area contributed by atoms with E-state index in [-0.39, 0.29) is 11.8 Å². The average Bonchev–Trinajstić information content (AvgIpc) is 2.25. The van der Waals surface area contributed by atoms with Crippen molar-refractivity contribution in [1.29, 1.82) is 0 Å². The Balaban J connectivity index is 3.49. The maximum absolute atomic E-state index is 11.5. The molecule has 15 heavy (non-hydrogen) atoms. The van der Waals surface area contributed by atoms with E-state index >= 15 is 0 Å². The number of amides is 1. The molecule has 0 saturated carbocycles. The van der Waals surface area contributed by atoms with Gasteiger partial charge in [0.25, 0.3) is 0 Å². The SMILES string of the molecule is CCC(CC)C(=O)NCCCCN=[N+]=[N-]. The molecule has 0 aromatic heterocycles. The topological polar surface area (TPSA) is 77.9 Å². The summed E-state index contributed by atoms with van der Waals surface area (Å²) < 4.78 is 0. The fraction of sp³-hybridized carbons (Fsp3) is 0.900. The minimum atomic E-state index is 0.141. The number of nitrogens with one attached hydrogen (secondary N) is 1. The fourth-order valence-corrected chi connectivity index (χ4v) is 1.37. The first-order chi connectivity index (χ1) is 7.26. The van der Waals surface area contributed by atoms with Crippen LogP contribution in [-0.4, -0.2) is 19.0 Å². The second kappa shape index (κ2) is 9.34. The fourth-order valence-electron chi connectivity index (χ4n) is 1.37. The maximum atomic E-state index is 11.5. The standard InChI is InChI=1S/C10H20N4O/c1-3-9(4-2)10(15)12-7-5-6-8-13-14-11/h9H,3-8H2,1-2H3,(H,12,15). The summed E-state index contributed by atoms with van der Waals surface area (Å²) in [7, 11) is 0. The summed E-state index contributed by atoms with van der Waals surface area (Å²) in [4.78, 5) is 14.2. The van der Waals surface area contributed by atoms with Crippen molar-refractivity contribution in [3.8, 4) is 0 Å². The molecular formula is C10H20N4O. The lowest BCUT2D eigenvalue weighted by Gasteiger charge is -2.12. The van der Waals surface area contributed by atoms with Crippen LogP contribution in [0.2, 0.25) is 0 Å². The zero-order chi connectivity index (χ0) is 11.5. The van der Waals surface area contributed by atoms with Crippen molar-refractivity contribution in [2.45, 2.75) is 39.5 Å². The largest absolute Gasteiger partial charge is 0.356 e. The number of rotatable bonds is 8. The van der Waals surface area contributed by atoms with Crippen LogP contribution < -0.4 is 5.32 Å². The van der Waals surface area contributed by atoms with Crippen molar-refractivity contribution in [1.82, 2.24) is 5.32 Å². The van der Waals surface area contributed by atoms with E-state index in [1.165, 1.54) is 0 Å². The van der Waals surface area contributed by atoms with Crippen molar-refractivity contribution in [3.05, 3.63) is 10.4 Å². The van der Waals surface area contributed by atoms with Crippen molar-refractivity contribution in [2.75, 3.05) is 13.1 Å². The Morgan fingerprint density at radius 1 is 1.40 bits per heavy atom. The molecule has 0 aliphatic carbocycles. The van der Waals surface area contributed by atoms with Crippen LogP contribution in [0.3, 0.4) is 0 Å². The highest BCUT2D eigenvalue weighted by molar-refractivity contribution is 5.78. The minimum Gasteiger partial charge on any atom is -0.356 e. The monoisotopic (exact) mass is 212 g/mol. The molecule has 0 atom stereocenters. The molecule has 0 rings (SSSR count). The lowest BCUT2D eigenvalue weighted by Crippen LogP contribution is -2.30. The lowest BCUT2D eigenvalue weighted by molar-refractivity contribution is -0.125. The molecule has 0 aliphatic heterocycles. The third kappa shape index (κ3) is 6.80. The van der Waals surface area contributed by atoms with Gasteiger partial charge in [-0.2, -0.15) is 0 Å². The Morgan fingerprint density at radius 3 is 2.60 bits per heavy atom. The number of unbranched alkanes of at least 4 members (excludes halogenated alkanes) is 1. The first-order valence-electron chi connectivity index (χ1n) is 5.54. The second-order valence-electron chi connectivity index (χ2n) is 3.47. The van der Waals surface area contributed by atoms with Gasteiger partial charge in [-0.1, -0.05) is 19.0 Å². The van der Waals surface area contributed by atoms with Crippen LogP contribution in [0.5, 0.6) is 0 Å². The van der Waals surface area contributed by atoms with Gasteiger partial charge in [-0.05, 0) is 31.2 Å². The average molecular weight is 212 g/mol. The highest BCUT2D eigenvalue weighted by Crippen LogP contribution is 2.06. The molecule has 0 aromatic carbocycles. The Kier molecular flexibility index (Phi) is 8.58. The van der Waals surface area contributed by atoms with E-state index in [4.69, 9.17) is 5.53 Å². The summed E-state index contributed by atoms with van der Waals surface area (Å²) in [6.07, 6.45) is 3.47. The Morgan fingerprint density at radius 2 is 2.07 bits per heavy atom. The molecule has 0 unspecified atom stereocenters. The van der Waals surface area contributed by atoms with Gasteiger partial charge in [0.2, 0.25) is 5.91 Å². The van der Waals surface area contributed by atoms with Gasteiger partial charge in [0.1, 0.15) is 0 Å². The van der Waals surface area contributed by atoms with E-state index in [2.05, 4.69) is 15.3 Å². The number of carbonyl (C=O) groups excluding carboxylic acids is 1. The zero-order valence-corrected chi connectivity index (χ0v) is 9.57. The van der Waals surface area contributed by atoms with Gasteiger partial charge in [-0.3, -0.25) is 4.79 Å². The first kappa shape index (κ1) is 13.8. The van der Waals surface area contributed by atoms with Gasteiger partial charge in [-0.15, -0.1) is 0 Å². The second-order valence-corrected chi connectivity index (χ2v) is 3.47. The molecule has 1 N–H and O–H groups in total. The zero-order valence-electron chi connectivity index (χ0n) is 9.57. The molecule has 0 fully saturated rings. The van der Waals surface area contributed by atoms with Gasteiger partial charge in [0.15, 0.2) is 0 Å². The molecule has 0 radical (unpaired) electrons. The van der Waals surface area contributed by atoms with Crippen molar-refractivity contribution >= 4 is 5.91 Å². The number of nitrogens with zero attached hydrogens (tertiary/aromatic N) is 3. The Hall–Kier alpha value is -1.22. The number of hydrogen-bond acceptors (Lipinski definition) is 2. The third-order valence-corrected chi connectivity index (χ3v) is 2.40. The molecule has 86 valence electrons. The molecule has 0 aliphatic rings. The first-order valence-corrected chi connectivity index (χ1v) is 5.54. The van der Waals surface area contributed by atoms with E-state index < -0.39 is 0 Å². The Bertz CT molecular complexity index is 219. The van der Waals surface area contributed by atoms with Crippen LogP contribution in [0.25, 0.3) is 10.4 Å². The van der Waals surface area contributed by atoms with Crippen molar-refractivity contribution in [2.24, 2.45) is 11.0 Å². The quantitative estimate of drug-likeness (QED) is 0.285. The predicted octanol–water partition coefficient (Wildman–Crippen LogP) is 2.63. The highest BCUT2D eigenvalue weighted by atomic mass is 16.1. The summed E-state index contributed by atoms with van der Waals surface area (Å²) in [5.41, 5.74) is 8.04. The Labute approximate surface area is 90.9 Å². The molecule has 0 aromatic rings. The van der Waals surface area contributed by atoms with Gasteiger partial charge in [0, 0.05) is 23.9 Å². The van der Waals surface area contributed by atoms with Crippen LogP contribution in [-0.2, 0) is 4.79 Å². The molecule has 1 amide bonds. The molecule has 0 heterocycles. The van der Waals surface area contributed by atoms with Gasteiger partial charge in [0.05, 0.1) is 0 Å².